The molecule has 0 N–H and O–H groups in total. The first kappa shape index (κ1) is 13.2. The number of ketones is 1. The van der Waals surface area contributed by atoms with Crippen molar-refractivity contribution < 1.29 is 4.79 Å². The van der Waals surface area contributed by atoms with Gasteiger partial charge in [0.1, 0.15) is 5.69 Å². The predicted molar refractivity (Wildman–Crippen MR) is 68.1 cm³/mol. The number of Topliss-reactive ketones (excluding diaryl/α,β-unsaturated/α-hetero) is 1. The average molecular weight is 238 g/mol. The Hall–Kier alpha value is -0.870. The summed E-state index contributed by atoms with van der Waals surface area (Å²) >= 11 is 1.76. The summed E-state index contributed by atoms with van der Waals surface area (Å²) in [5.74, 6) is 1.14. The van der Waals surface area contributed by atoms with Crippen molar-refractivity contribution in [1.29, 1.82) is 0 Å². The number of pyridine rings is 1. The molecule has 1 heterocycles. The van der Waals surface area contributed by atoms with Crippen LogP contribution in [0.3, 0.4) is 0 Å². The topological polar surface area (TPSA) is 33.2 Å². The molecule has 4 heteroatoms. The van der Waals surface area contributed by atoms with E-state index in [-0.39, 0.29) is 5.78 Å². The van der Waals surface area contributed by atoms with Gasteiger partial charge in [-0.1, -0.05) is 6.92 Å². The van der Waals surface area contributed by atoms with E-state index in [9.17, 15) is 4.79 Å². The van der Waals surface area contributed by atoms with Gasteiger partial charge in [0.25, 0.3) is 0 Å². The van der Waals surface area contributed by atoms with Crippen LogP contribution in [0.15, 0.2) is 23.2 Å². The summed E-state index contributed by atoms with van der Waals surface area (Å²) in [7, 11) is 4.11. The molecule has 0 aliphatic rings. The lowest BCUT2D eigenvalue weighted by Gasteiger charge is -2.08. The van der Waals surface area contributed by atoms with Gasteiger partial charge in [-0.2, -0.15) is 0 Å². The van der Waals surface area contributed by atoms with Crippen molar-refractivity contribution in [3.63, 3.8) is 0 Å². The number of aromatic nitrogens is 1. The third-order valence-corrected chi connectivity index (χ3v) is 3.11. The number of thioether (sulfide) groups is 1. The van der Waals surface area contributed by atoms with E-state index in [0.717, 1.165) is 17.2 Å². The minimum atomic E-state index is 0.102. The maximum atomic E-state index is 11.4. The summed E-state index contributed by atoms with van der Waals surface area (Å²) < 4.78 is 0. The molecule has 16 heavy (non-hydrogen) atoms. The summed E-state index contributed by atoms with van der Waals surface area (Å²) in [5, 5.41) is 0. The van der Waals surface area contributed by atoms with Gasteiger partial charge in [-0.15, -0.1) is 11.8 Å². The third-order valence-electron chi connectivity index (χ3n) is 2.15. The molecular formula is C12H18N2OS. The van der Waals surface area contributed by atoms with Crippen molar-refractivity contribution in [2.75, 3.05) is 26.4 Å². The molecule has 0 saturated heterocycles. The summed E-state index contributed by atoms with van der Waals surface area (Å²) in [4.78, 5) is 18.8. The number of rotatable bonds is 6. The Morgan fingerprint density at radius 3 is 2.69 bits per heavy atom. The monoisotopic (exact) mass is 238 g/mol. The maximum Gasteiger partial charge on any atom is 0.180 e. The largest absolute Gasteiger partial charge is 0.309 e. The highest BCUT2D eigenvalue weighted by Crippen LogP contribution is 2.16. The van der Waals surface area contributed by atoms with Crippen LogP contribution in [0.5, 0.6) is 0 Å². The number of hydrogen-bond acceptors (Lipinski definition) is 4. The Balaban J connectivity index is 2.48. The van der Waals surface area contributed by atoms with Crippen molar-refractivity contribution in [1.82, 2.24) is 9.88 Å². The lowest BCUT2D eigenvalue weighted by atomic mass is 10.2. The Kier molecular flexibility index (Phi) is 5.49. The molecule has 0 unspecified atom stereocenters. The van der Waals surface area contributed by atoms with Gasteiger partial charge in [0.15, 0.2) is 5.78 Å². The molecule has 0 aliphatic heterocycles. The quantitative estimate of drug-likeness (QED) is 0.562. The van der Waals surface area contributed by atoms with Crippen LogP contribution in [-0.2, 0) is 0 Å². The second-order valence-corrected chi connectivity index (χ2v) is 4.98. The fourth-order valence-electron chi connectivity index (χ4n) is 1.16. The molecule has 0 bridgehead atoms. The van der Waals surface area contributed by atoms with Crippen LogP contribution < -0.4 is 0 Å². The Morgan fingerprint density at radius 2 is 2.19 bits per heavy atom. The highest BCUT2D eigenvalue weighted by Gasteiger charge is 2.04. The van der Waals surface area contributed by atoms with Crippen molar-refractivity contribution in [2.24, 2.45) is 0 Å². The standard InChI is InChI=1S/C12H18N2OS/c1-4-12(15)11-6-5-10(9-13-11)16-8-7-14(2)3/h5-6,9H,4,7-8H2,1-3H3. The van der Waals surface area contributed by atoms with Crippen molar-refractivity contribution in [3.8, 4) is 0 Å². The SMILES string of the molecule is CCC(=O)c1ccc(SCCN(C)C)cn1. The Morgan fingerprint density at radius 1 is 1.44 bits per heavy atom. The van der Waals surface area contributed by atoms with Crippen molar-refractivity contribution in [2.45, 2.75) is 18.2 Å². The fraction of sp³-hybridized carbons (Fsp3) is 0.500. The van der Waals surface area contributed by atoms with Gasteiger partial charge in [-0.05, 0) is 26.2 Å². The fourth-order valence-corrected chi connectivity index (χ4v) is 2.14. The van der Waals surface area contributed by atoms with Crippen LogP contribution in [0.1, 0.15) is 23.8 Å². The molecule has 3 nitrogen and oxygen atoms in total. The van der Waals surface area contributed by atoms with Crippen LogP contribution in [0, 0.1) is 0 Å². The summed E-state index contributed by atoms with van der Waals surface area (Å²) in [6.07, 6.45) is 2.29. The maximum absolute atomic E-state index is 11.4. The zero-order valence-corrected chi connectivity index (χ0v) is 10.9. The van der Waals surface area contributed by atoms with Crippen LogP contribution in [-0.4, -0.2) is 42.1 Å². The van der Waals surface area contributed by atoms with Gasteiger partial charge in [-0.3, -0.25) is 9.78 Å². The Labute approximate surface area is 101 Å². The van der Waals surface area contributed by atoms with Crippen molar-refractivity contribution >= 4 is 17.5 Å². The summed E-state index contributed by atoms with van der Waals surface area (Å²) in [5.41, 5.74) is 0.569. The van der Waals surface area contributed by atoms with E-state index in [1.807, 2.05) is 19.1 Å². The molecule has 0 atom stereocenters. The van der Waals surface area contributed by atoms with E-state index < -0.39 is 0 Å². The zero-order valence-electron chi connectivity index (χ0n) is 10.1. The molecule has 0 aromatic carbocycles. The van der Waals surface area contributed by atoms with E-state index in [1.165, 1.54) is 0 Å². The van der Waals surface area contributed by atoms with Crippen LogP contribution >= 0.6 is 11.8 Å². The van der Waals surface area contributed by atoms with E-state index in [1.54, 1.807) is 18.0 Å². The van der Waals surface area contributed by atoms with E-state index in [4.69, 9.17) is 0 Å². The van der Waals surface area contributed by atoms with Crippen LogP contribution in [0.2, 0.25) is 0 Å². The molecule has 88 valence electrons. The smallest absolute Gasteiger partial charge is 0.180 e. The van der Waals surface area contributed by atoms with Gasteiger partial charge >= 0.3 is 0 Å². The summed E-state index contributed by atoms with van der Waals surface area (Å²) in [6, 6.07) is 3.78. The van der Waals surface area contributed by atoms with Crippen LogP contribution in [0.25, 0.3) is 0 Å². The van der Waals surface area contributed by atoms with Crippen molar-refractivity contribution in [3.05, 3.63) is 24.0 Å². The van der Waals surface area contributed by atoms with Crippen LogP contribution in [0.4, 0.5) is 0 Å². The second-order valence-electron chi connectivity index (χ2n) is 3.81. The van der Waals surface area contributed by atoms with Gasteiger partial charge < -0.3 is 4.90 Å². The third kappa shape index (κ3) is 4.33. The molecule has 0 amide bonds. The summed E-state index contributed by atoms with van der Waals surface area (Å²) in [6.45, 7) is 2.89. The lowest BCUT2D eigenvalue weighted by Crippen LogP contribution is -2.14. The molecule has 0 fully saturated rings. The minimum absolute atomic E-state index is 0.102. The highest BCUT2D eigenvalue weighted by atomic mass is 32.2. The molecule has 0 saturated carbocycles. The number of carbonyl (C=O) groups is 1. The molecular weight excluding hydrogens is 220 g/mol. The normalized spacial score (nSPS) is 10.8. The van der Waals surface area contributed by atoms with Gasteiger partial charge in [0.05, 0.1) is 0 Å². The average Bonchev–Trinajstić information content (AvgIpc) is 2.28. The Bertz CT molecular complexity index is 335. The van der Waals surface area contributed by atoms with E-state index in [2.05, 4.69) is 24.0 Å². The van der Waals surface area contributed by atoms with Gasteiger partial charge in [0.2, 0.25) is 0 Å². The molecule has 0 aliphatic carbocycles. The molecule has 1 aromatic rings. The molecule has 0 radical (unpaired) electrons. The van der Waals surface area contributed by atoms with E-state index >= 15 is 0 Å². The first-order valence-electron chi connectivity index (χ1n) is 5.40. The van der Waals surface area contributed by atoms with Gasteiger partial charge in [-0.25, -0.2) is 0 Å². The first-order chi connectivity index (χ1) is 7.63. The lowest BCUT2D eigenvalue weighted by molar-refractivity contribution is 0.0983. The minimum Gasteiger partial charge on any atom is -0.309 e. The number of carbonyl (C=O) groups excluding carboxylic acids is 1. The zero-order chi connectivity index (χ0) is 12.0. The number of hydrogen-bond donors (Lipinski definition) is 0. The second kappa shape index (κ2) is 6.66. The van der Waals surface area contributed by atoms with Gasteiger partial charge in [0, 0.05) is 29.8 Å². The predicted octanol–water partition coefficient (Wildman–Crippen LogP) is 2.33. The molecule has 1 rings (SSSR count). The van der Waals surface area contributed by atoms with E-state index in [0.29, 0.717) is 12.1 Å². The molecule has 0 spiro atoms. The molecule has 1 aromatic heterocycles. The highest BCUT2D eigenvalue weighted by molar-refractivity contribution is 7.99. The number of nitrogens with zero attached hydrogens (tertiary/aromatic N) is 2. The first-order valence-corrected chi connectivity index (χ1v) is 6.39.